The molecule has 0 saturated heterocycles. The van der Waals surface area contributed by atoms with E-state index < -0.39 is 0 Å². The van der Waals surface area contributed by atoms with Gasteiger partial charge in [0.25, 0.3) is 0 Å². The van der Waals surface area contributed by atoms with Crippen molar-refractivity contribution < 1.29 is 0 Å². The Bertz CT molecular complexity index is 151. The fourth-order valence-corrected chi connectivity index (χ4v) is 0.714. The first-order valence-corrected chi connectivity index (χ1v) is 2.97. The van der Waals surface area contributed by atoms with Gasteiger partial charge in [0, 0.05) is 0 Å². The van der Waals surface area contributed by atoms with Crippen LogP contribution in [0.2, 0.25) is 0 Å². The SMILES string of the molecule is CCc1ccccc1.N.[CaH2]. The van der Waals surface area contributed by atoms with Crippen LogP contribution in [-0.4, -0.2) is 37.7 Å². The van der Waals surface area contributed by atoms with Crippen LogP contribution in [0.15, 0.2) is 30.3 Å². The molecule has 0 unspecified atom stereocenters. The summed E-state index contributed by atoms with van der Waals surface area (Å²) in [7, 11) is 0. The summed E-state index contributed by atoms with van der Waals surface area (Å²) in [4.78, 5) is 0. The molecule has 54 valence electrons. The Morgan fingerprint density at radius 2 is 1.60 bits per heavy atom. The molecule has 0 radical (unpaired) electrons. The van der Waals surface area contributed by atoms with Crippen LogP contribution < -0.4 is 6.15 Å². The second kappa shape index (κ2) is 7.55. The molecule has 1 aromatic carbocycles. The molecule has 1 nitrogen and oxygen atoms in total. The van der Waals surface area contributed by atoms with Crippen molar-refractivity contribution in [2.24, 2.45) is 0 Å². The van der Waals surface area contributed by atoms with Gasteiger partial charge < -0.3 is 6.15 Å². The summed E-state index contributed by atoms with van der Waals surface area (Å²) in [6, 6.07) is 10.5. The zero-order chi connectivity index (χ0) is 5.82. The van der Waals surface area contributed by atoms with Gasteiger partial charge >= 0.3 is 37.7 Å². The molecule has 0 aliphatic carbocycles. The average Bonchev–Trinajstić information content (AvgIpc) is 1.90. The number of hydrogen-bond donors (Lipinski definition) is 1. The second-order valence-corrected chi connectivity index (χ2v) is 1.84. The predicted molar refractivity (Wildman–Crippen MR) is 49.4 cm³/mol. The van der Waals surface area contributed by atoms with Gasteiger partial charge in [-0.15, -0.1) is 0 Å². The molecular weight excluding hydrogens is 150 g/mol. The van der Waals surface area contributed by atoms with Gasteiger partial charge in [0.15, 0.2) is 0 Å². The standard InChI is InChI=1S/C8H10.Ca.H3N.2H/c1-2-8-6-4-3-5-7-8;;;;/h3-7H,2H2,1H3;;1H3;;. The zero-order valence-electron chi connectivity index (χ0n) is 5.80. The van der Waals surface area contributed by atoms with Crippen LogP contribution in [0.4, 0.5) is 0 Å². The molecule has 0 spiro atoms. The number of aryl methyl sites for hydroxylation is 1. The van der Waals surface area contributed by atoms with E-state index in [1.807, 2.05) is 6.07 Å². The Balaban J connectivity index is 0. The van der Waals surface area contributed by atoms with Crippen LogP contribution in [0, 0.1) is 0 Å². The quantitative estimate of drug-likeness (QED) is 0.629. The van der Waals surface area contributed by atoms with E-state index in [2.05, 4.69) is 31.2 Å². The maximum absolute atomic E-state index is 2.16. The summed E-state index contributed by atoms with van der Waals surface area (Å²) < 4.78 is 0. The molecule has 0 aromatic heterocycles. The van der Waals surface area contributed by atoms with Crippen molar-refractivity contribution in [3.63, 3.8) is 0 Å². The van der Waals surface area contributed by atoms with Gasteiger partial charge in [0.1, 0.15) is 0 Å². The first-order chi connectivity index (χ1) is 3.93. The first kappa shape index (κ1) is 13.1. The van der Waals surface area contributed by atoms with Crippen LogP contribution in [0.5, 0.6) is 0 Å². The summed E-state index contributed by atoms with van der Waals surface area (Å²) in [5.74, 6) is 0. The Morgan fingerprint density at radius 3 is 1.90 bits per heavy atom. The third-order valence-electron chi connectivity index (χ3n) is 1.25. The van der Waals surface area contributed by atoms with E-state index >= 15 is 0 Å². The van der Waals surface area contributed by atoms with E-state index in [1.54, 1.807) is 0 Å². The van der Waals surface area contributed by atoms with Crippen molar-refractivity contribution in [3.8, 4) is 0 Å². The maximum atomic E-state index is 2.16. The van der Waals surface area contributed by atoms with E-state index in [1.165, 1.54) is 5.56 Å². The molecule has 0 bridgehead atoms. The molecule has 10 heavy (non-hydrogen) atoms. The third kappa shape index (κ3) is 4.29. The van der Waals surface area contributed by atoms with E-state index in [0.717, 1.165) is 6.42 Å². The van der Waals surface area contributed by atoms with E-state index in [4.69, 9.17) is 0 Å². The Labute approximate surface area is 92.4 Å². The predicted octanol–water partition coefficient (Wildman–Crippen LogP) is 1.49. The number of hydrogen-bond acceptors (Lipinski definition) is 1. The minimum atomic E-state index is 0. The molecule has 0 aliphatic heterocycles. The van der Waals surface area contributed by atoms with E-state index in [-0.39, 0.29) is 43.9 Å². The van der Waals surface area contributed by atoms with Crippen LogP contribution in [0.3, 0.4) is 0 Å². The fourth-order valence-electron chi connectivity index (χ4n) is 0.714. The monoisotopic (exact) mass is 165 g/mol. The molecule has 0 heterocycles. The summed E-state index contributed by atoms with van der Waals surface area (Å²) in [5, 5.41) is 0. The molecule has 2 heteroatoms. The van der Waals surface area contributed by atoms with E-state index in [9.17, 15) is 0 Å². The Kier molecular flexibility index (Phi) is 9.85. The fraction of sp³-hybridized carbons (Fsp3) is 0.250. The van der Waals surface area contributed by atoms with Crippen LogP contribution in [-0.2, 0) is 6.42 Å². The van der Waals surface area contributed by atoms with Gasteiger partial charge in [-0.2, -0.15) is 0 Å². The second-order valence-electron chi connectivity index (χ2n) is 1.84. The molecule has 0 fully saturated rings. The van der Waals surface area contributed by atoms with Crippen molar-refractivity contribution in [1.82, 2.24) is 6.15 Å². The zero-order valence-corrected chi connectivity index (χ0v) is 5.80. The summed E-state index contributed by atoms with van der Waals surface area (Å²) in [6.45, 7) is 2.16. The number of rotatable bonds is 1. The van der Waals surface area contributed by atoms with Crippen molar-refractivity contribution >= 4 is 37.7 Å². The van der Waals surface area contributed by atoms with Crippen LogP contribution in [0.1, 0.15) is 12.5 Å². The number of benzene rings is 1. The Hall–Kier alpha value is 0.440. The summed E-state index contributed by atoms with van der Waals surface area (Å²) >= 11 is 0. The van der Waals surface area contributed by atoms with Gasteiger partial charge in [-0.1, -0.05) is 37.3 Å². The topological polar surface area (TPSA) is 35.0 Å². The molecule has 1 rings (SSSR count). The van der Waals surface area contributed by atoms with Crippen LogP contribution in [0.25, 0.3) is 0 Å². The molecule has 1 aromatic rings. The minimum absolute atomic E-state index is 0. The van der Waals surface area contributed by atoms with Crippen molar-refractivity contribution in [3.05, 3.63) is 35.9 Å². The molecule has 0 aliphatic rings. The van der Waals surface area contributed by atoms with Gasteiger partial charge in [-0.05, 0) is 12.0 Å². The molecule has 3 N–H and O–H groups in total. The average molecular weight is 165 g/mol. The van der Waals surface area contributed by atoms with Gasteiger partial charge in [-0.25, -0.2) is 0 Å². The first-order valence-electron chi connectivity index (χ1n) is 2.97. The van der Waals surface area contributed by atoms with Crippen molar-refractivity contribution in [2.75, 3.05) is 0 Å². The molecule has 0 saturated carbocycles. The molecule has 0 amide bonds. The third-order valence-corrected chi connectivity index (χ3v) is 1.25. The van der Waals surface area contributed by atoms with Crippen molar-refractivity contribution in [1.29, 1.82) is 0 Å². The molecule has 0 atom stereocenters. The van der Waals surface area contributed by atoms with Gasteiger partial charge in [-0.3, -0.25) is 0 Å². The summed E-state index contributed by atoms with van der Waals surface area (Å²) in [5.41, 5.74) is 1.41. The summed E-state index contributed by atoms with van der Waals surface area (Å²) in [6.07, 6.45) is 1.14. The van der Waals surface area contributed by atoms with Gasteiger partial charge in [0.05, 0.1) is 0 Å². The van der Waals surface area contributed by atoms with E-state index in [0.29, 0.717) is 0 Å². The van der Waals surface area contributed by atoms with Crippen LogP contribution >= 0.6 is 0 Å². The van der Waals surface area contributed by atoms with Crippen molar-refractivity contribution in [2.45, 2.75) is 13.3 Å². The normalized spacial score (nSPS) is 7.30. The molecular formula is C8H15CaN. The Morgan fingerprint density at radius 1 is 1.10 bits per heavy atom. The van der Waals surface area contributed by atoms with Gasteiger partial charge in [0.2, 0.25) is 0 Å².